The van der Waals surface area contributed by atoms with Gasteiger partial charge in [-0.2, -0.15) is 0 Å². The van der Waals surface area contributed by atoms with Crippen LogP contribution in [0.4, 0.5) is 9.18 Å². The minimum atomic E-state index is -3.09. The van der Waals surface area contributed by atoms with E-state index in [1.807, 2.05) is 0 Å². The van der Waals surface area contributed by atoms with Crippen LogP contribution in [0.1, 0.15) is 24.8 Å². The van der Waals surface area contributed by atoms with Crippen LogP contribution in [0.25, 0.3) is 0 Å². The molecule has 1 aromatic carbocycles. The molecule has 2 N–H and O–H groups in total. The van der Waals surface area contributed by atoms with Gasteiger partial charge in [0.25, 0.3) is 5.91 Å². The van der Waals surface area contributed by atoms with Gasteiger partial charge in [0, 0.05) is 12.5 Å². The summed E-state index contributed by atoms with van der Waals surface area (Å²) in [4.78, 5) is 37.4. The first-order chi connectivity index (χ1) is 12.7. The molecule has 0 bridgehead atoms. The fourth-order valence-corrected chi connectivity index (χ4v) is 4.90. The summed E-state index contributed by atoms with van der Waals surface area (Å²) in [7, 11) is -3.09. The Balaban J connectivity index is 1.50. The Morgan fingerprint density at radius 2 is 2.11 bits per heavy atom. The van der Waals surface area contributed by atoms with E-state index in [4.69, 9.17) is 0 Å². The van der Waals surface area contributed by atoms with Gasteiger partial charge in [0.15, 0.2) is 9.84 Å². The topological polar surface area (TPSA) is 113 Å². The predicted molar refractivity (Wildman–Crippen MR) is 93.7 cm³/mol. The number of sulfone groups is 1. The summed E-state index contributed by atoms with van der Waals surface area (Å²) in [5.74, 6) is -1.30. The highest BCUT2D eigenvalue weighted by molar-refractivity contribution is 7.91. The van der Waals surface area contributed by atoms with Crippen molar-refractivity contribution in [1.82, 2.24) is 15.5 Å². The predicted octanol–water partition coefficient (Wildman–Crippen LogP) is 0.330. The minimum absolute atomic E-state index is 0.0129. The van der Waals surface area contributed by atoms with E-state index in [-0.39, 0.29) is 36.8 Å². The normalized spacial score (nSPS) is 24.1. The Kier molecular flexibility index (Phi) is 5.45. The number of benzene rings is 1. The second kappa shape index (κ2) is 7.63. The lowest BCUT2D eigenvalue weighted by molar-refractivity contribution is -0.128. The van der Waals surface area contributed by atoms with E-state index in [1.165, 1.54) is 18.2 Å². The van der Waals surface area contributed by atoms with Crippen LogP contribution in [0.5, 0.6) is 0 Å². The van der Waals surface area contributed by atoms with Crippen molar-refractivity contribution >= 4 is 27.7 Å². The summed E-state index contributed by atoms with van der Waals surface area (Å²) in [5, 5.41) is 5.16. The highest BCUT2D eigenvalue weighted by atomic mass is 32.2. The molecule has 10 heteroatoms. The average Bonchev–Trinajstić information content (AvgIpc) is 3.06. The maximum atomic E-state index is 13.3. The molecule has 4 amide bonds. The van der Waals surface area contributed by atoms with E-state index < -0.39 is 39.7 Å². The number of urea groups is 1. The van der Waals surface area contributed by atoms with Gasteiger partial charge in [-0.05, 0) is 30.5 Å². The van der Waals surface area contributed by atoms with Crippen LogP contribution in [0.15, 0.2) is 24.3 Å². The molecule has 0 unspecified atom stereocenters. The smallest absolute Gasteiger partial charge is 0.325 e. The maximum absolute atomic E-state index is 13.3. The molecule has 2 aliphatic heterocycles. The fourth-order valence-electron chi connectivity index (χ4n) is 3.22. The average molecular weight is 397 g/mol. The van der Waals surface area contributed by atoms with Crippen LogP contribution in [0.2, 0.25) is 0 Å². The zero-order chi connectivity index (χ0) is 19.6. The van der Waals surface area contributed by atoms with E-state index >= 15 is 0 Å². The number of amides is 4. The lowest BCUT2D eigenvalue weighted by atomic mass is 10.1. The number of halogens is 1. The number of carbonyl (C=O) groups is 3. The molecular weight excluding hydrogens is 377 g/mol. The molecule has 0 aromatic heterocycles. The minimum Gasteiger partial charge on any atom is -0.352 e. The Bertz CT molecular complexity index is 873. The van der Waals surface area contributed by atoms with E-state index in [1.54, 1.807) is 6.07 Å². The van der Waals surface area contributed by atoms with Crippen molar-refractivity contribution in [2.24, 2.45) is 0 Å². The lowest BCUT2D eigenvalue weighted by Gasteiger charge is -2.14. The molecule has 2 fully saturated rings. The van der Waals surface area contributed by atoms with Crippen LogP contribution in [-0.4, -0.2) is 54.8 Å². The van der Waals surface area contributed by atoms with Crippen LogP contribution >= 0.6 is 0 Å². The fraction of sp³-hybridized carbons (Fsp3) is 0.471. The van der Waals surface area contributed by atoms with Crippen molar-refractivity contribution in [3.63, 3.8) is 0 Å². The molecule has 1 aromatic rings. The van der Waals surface area contributed by atoms with E-state index in [9.17, 15) is 27.2 Å². The Labute approximate surface area is 156 Å². The second-order valence-electron chi connectivity index (χ2n) is 6.76. The first-order valence-electron chi connectivity index (χ1n) is 8.59. The summed E-state index contributed by atoms with van der Waals surface area (Å²) >= 11 is 0. The highest BCUT2D eigenvalue weighted by Gasteiger charge is 2.38. The quantitative estimate of drug-likeness (QED) is 0.672. The number of rotatable bonds is 6. The van der Waals surface area contributed by atoms with Crippen molar-refractivity contribution in [3.05, 3.63) is 35.6 Å². The van der Waals surface area contributed by atoms with Crippen LogP contribution < -0.4 is 10.6 Å². The Morgan fingerprint density at radius 3 is 2.78 bits per heavy atom. The molecule has 2 heterocycles. The molecule has 3 rings (SSSR count). The lowest BCUT2D eigenvalue weighted by Crippen LogP contribution is -2.37. The van der Waals surface area contributed by atoms with Gasteiger partial charge in [0.05, 0.1) is 18.1 Å². The number of nitrogens with zero attached hydrogens (tertiary/aromatic N) is 1. The number of nitrogens with one attached hydrogen (secondary N) is 2. The molecule has 8 nitrogen and oxygen atoms in total. The van der Waals surface area contributed by atoms with Crippen molar-refractivity contribution in [2.75, 3.05) is 11.5 Å². The summed E-state index contributed by atoms with van der Waals surface area (Å²) in [5.41, 5.74) is 0.485. The summed E-state index contributed by atoms with van der Waals surface area (Å²) < 4.78 is 36.1. The molecular formula is C17H20FN3O5S. The number of imide groups is 1. The van der Waals surface area contributed by atoms with Crippen LogP contribution in [0.3, 0.4) is 0 Å². The maximum Gasteiger partial charge on any atom is 0.325 e. The zero-order valence-corrected chi connectivity index (χ0v) is 15.3. The molecule has 146 valence electrons. The van der Waals surface area contributed by atoms with Crippen molar-refractivity contribution in [1.29, 1.82) is 0 Å². The third kappa shape index (κ3) is 4.82. The molecule has 0 radical (unpaired) electrons. The van der Waals surface area contributed by atoms with Crippen molar-refractivity contribution in [3.8, 4) is 0 Å². The van der Waals surface area contributed by atoms with Gasteiger partial charge >= 0.3 is 6.03 Å². The summed E-state index contributed by atoms with van der Waals surface area (Å²) in [6, 6.07) is 3.80. The van der Waals surface area contributed by atoms with Crippen LogP contribution in [0, 0.1) is 5.82 Å². The van der Waals surface area contributed by atoms with E-state index in [0.29, 0.717) is 12.0 Å². The van der Waals surface area contributed by atoms with Gasteiger partial charge < -0.3 is 10.6 Å². The van der Waals surface area contributed by atoms with Crippen molar-refractivity contribution in [2.45, 2.75) is 37.9 Å². The van der Waals surface area contributed by atoms with E-state index in [0.717, 1.165) is 4.90 Å². The highest BCUT2D eigenvalue weighted by Crippen LogP contribution is 2.16. The standard InChI is InChI=1S/C17H20FN3O5S/c18-12-3-1-2-11(8-12)9-21-16(23)14(20-17(21)24)4-5-15(22)19-13-6-7-27(25,26)10-13/h1-3,8,13-14H,4-7,9-10H2,(H,19,22)(H,20,24)/t13-,14+/m1/s1. The largest absolute Gasteiger partial charge is 0.352 e. The van der Waals surface area contributed by atoms with E-state index in [2.05, 4.69) is 10.6 Å². The van der Waals surface area contributed by atoms with Gasteiger partial charge in [0.1, 0.15) is 11.9 Å². The molecule has 2 atom stereocenters. The Morgan fingerprint density at radius 1 is 1.33 bits per heavy atom. The number of carbonyl (C=O) groups excluding carboxylic acids is 3. The SMILES string of the molecule is O=C(CC[C@@H]1NC(=O)N(Cc2cccc(F)c2)C1=O)N[C@@H]1CCS(=O)(=O)C1. The molecule has 0 spiro atoms. The molecule has 0 saturated carbocycles. The third-order valence-corrected chi connectivity index (χ3v) is 6.36. The summed E-state index contributed by atoms with van der Waals surface area (Å²) in [6.07, 6.45) is 0.477. The molecule has 2 aliphatic rings. The molecule has 2 saturated heterocycles. The van der Waals surface area contributed by atoms with Gasteiger partial charge in [-0.25, -0.2) is 17.6 Å². The Hall–Kier alpha value is -2.49. The van der Waals surface area contributed by atoms with Gasteiger partial charge in [-0.1, -0.05) is 12.1 Å². The number of hydrogen-bond acceptors (Lipinski definition) is 5. The second-order valence-corrected chi connectivity index (χ2v) is 8.99. The monoisotopic (exact) mass is 397 g/mol. The van der Waals surface area contributed by atoms with Gasteiger partial charge in [0.2, 0.25) is 5.91 Å². The van der Waals surface area contributed by atoms with Crippen molar-refractivity contribution < 1.29 is 27.2 Å². The third-order valence-electron chi connectivity index (χ3n) is 4.59. The van der Waals surface area contributed by atoms with Gasteiger partial charge in [-0.15, -0.1) is 0 Å². The first kappa shape index (κ1) is 19.3. The van der Waals surface area contributed by atoms with Gasteiger partial charge in [-0.3, -0.25) is 14.5 Å². The summed E-state index contributed by atoms with van der Waals surface area (Å²) in [6.45, 7) is -0.0505. The molecule has 27 heavy (non-hydrogen) atoms. The molecule has 0 aliphatic carbocycles. The van der Waals surface area contributed by atoms with Crippen LogP contribution in [-0.2, 0) is 26.0 Å². The number of hydrogen-bond donors (Lipinski definition) is 2. The zero-order valence-electron chi connectivity index (χ0n) is 14.5. The first-order valence-corrected chi connectivity index (χ1v) is 10.4.